The van der Waals surface area contributed by atoms with Crippen molar-refractivity contribution in [3.8, 4) is 11.1 Å². The summed E-state index contributed by atoms with van der Waals surface area (Å²) in [5.74, 6) is 0.0277. The third kappa shape index (κ3) is 3.00. The largest absolute Gasteiger partial charge is 0.385 e. The number of nitrogens with zero attached hydrogens (tertiary/aromatic N) is 3. The Morgan fingerprint density at radius 1 is 1.13 bits per heavy atom. The second-order valence-corrected chi connectivity index (χ2v) is 9.46. The second kappa shape index (κ2) is 6.72. The summed E-state index contributed by atoms with van der Waals surface area (Å²) in [4.78, 5) is 8.44. The lowest BCUT2D eigenvalue weighted by Crippen LogP contribution is -2.05. The molecule has 1 aliphatic rings. The van der Waals surface area contributed by atoms with Crippen LogP contribution in [0.1, 0.15) is 30.0 Å². The fraction of sp³-hybridized carbons (Fsp3) is 0.182. The lowest BCUT2D eigenvalue weighted by atomic mass is 10.0. The molecule has 0 saturated carbocycles. The Morgan fingerprint density at radius 2 is 1.90 bits per heavy atom. The van der Waals surface area contributed by atoms with Crippen LogP contribution in [0.2, 0.25) is 0 Å². The first-order chi connectivity index (χ1) is 14.3. The first-order valence-electron chi connectivity index (χ1n) is 9.44. The monoisotopic (exact) mass is 423 g/mol. The van der Waals surface area contributed by atoms with Crippen LogP contribution in [0, 0.1) is 5.82 Å². The van der Waals surface area contributed by atoms with Crippen molar-refractivity contribution in [1.29, 1.82) is 0 Å². The number of hydrogen-bond donors (Lipinski definition) is 1. The van der Waals surface area contributed by atoms with Crippen LogP contribution in [0.3, 0.4) is 0 Å². The number of benzene rings is 2. The van der Waals surface area contributed by atoms with E-state index in [2.05, 4.69) is 9.97 Å². The standard InChI is InChI=1S/C22H18FN3O3S/c1-30(28,29)21-8-7-14(12-24-21)15-9-19-17(10-16(15)23)25-22-20(27)11-18(26(19)22)13-5-3-2-4-6-13/h2-10,12,18,20,27H,11H2,1H3. The Labute approximate surface area is 172 Å². The fourth-order valence-electron chi connectivity index (χ4n) is 4.06. The van der Waals surface area contributed by atoms with Gasteiger partial charge in [0.15, 0.2) is 14.9 Å². The third-order valence-corrected chi connectivity index (χ3v) is 6.47. The highest BCUT2D eigenvalue weighted by molar-refractivity contribution is 7.90. The van der Waals surface area contributed by atoms with E-state index < -0.39 is 21.8 Å². The van der Waals surface area contributed by atoms with E-state index >= 15 is 0 Å². The van der Waals surface area contributed by atoms with Gasteiger partial charge in [0, 0.05) is 36.1 Å². The molecular formula is C22H18FN3O3S. The van der Waals surface area contributed by atoms with Gasteiger partial charge in [0.05, 0.1) is 17.1 Å². The summed E-state index contributed by atoms with van der Waals surface area (Å²) in [6.45, 7) is 0. The van der Waals surface area contributed by atoms with Gasteiger partial charge in [-0.2, -0.15) is 0 Å². The van der Waals surface area contributed by atoms with Crippen molar-refractivity contribution < 1.29 is 17.9 Å². The highest BCUT2D eigenvalue weighted by Gasteiger charge is 2.34. The van der Waals surface area contributed by atoms with Crippen LogP contribution >= 0.6 is 0 Å². The maximum Gasteiger partial charge on any atom is 0.192 e. The molecule has 0 spiro atoms. The van der Waals surface area contributed by atoms with E-state index in [0.29, 0.717) is 34.4 Å². The summed E-state index contributed by atoms with van der Waals surface area (Å²) in [7, 11) is -3.44. The van der Waals surface area contributed by atoms with Gasteiger partial charge in [-0.3, -0.25) is 0 Å². The molecule has 2 aromatic heterocycles. The van der Waals surface area contributed by atoms with Gasteiger partial charge < -0.3 is 9.67 Å². The number of hydrogen-bond acceptors (Lipinski definition) is 5. The number of fused-ring (bicyclic) bond motifs is 3. The van der Waals surface area contributed by atoms with Gasteiger partial charge in [-0.15, -0.1) is 0 Å². The number of halogens is 1. The molecule has 0 saturated heterocycles. The van der Waals surface area contributed by atoms with Crippen LogP contribution in [-0.2, 0) is 9.84 Å². The molecule has 5 rings (SSSR count). The minimum atomic E-state index is -3.44. The number of aromatic nitrogens is 3. The Kier molecular flexibility index (Phi) is 4.23. The SMILES string of the molecule is CS(=O)(=O)c1ccc(-c2cc3c(cc2F)nc2n3C(c3ccccc3)CC2O)cn1. The number of pyridine rings is 1. The molecule has 0 amide bonds. The Morgan fingerprint density at radius 3 is 2.57 bits per heavy atom. The van der Waals surface area contributed by atoms with E-state index in [1.165, 1.54) is 18.3 Å². The van der Waals surface area contributed by atoms with Gasteiger partial charge in [0.2, 0.25) is 0 Å². The average Bonchev–Trinajstić information content (AvgIpc) is 3.24. The van der Waals surface area contributed by atoms with Crippen molar-refractivity contribution in [2.24, 2.45) is 0 Å². The quantitative estimate of drug-likeness (QED) is 0.544. The number of imidazole rings is 1. The van der Waals surface area contributed by atoms with Gasteiger partial charge in [-0.05, 0) is 23.8 Å². The average molecular weight is 423 g/mol. The van der Waals surface area contributed by atoms with Crippen LogP contribution in [0.5, 0.6) is 0 Å². The van der Waals surface area contributed by atoms with Gasteiger partial charge >= 0.3 is 0 Å². The Hall–Kier alpha value is -3.10. The summed E-state index contributed by atoms with van der Waals surface area (Å²) in [6.07, 6.45) is 2.20. The van der Waals surface area contributed by atoms with Gasteiger partial charge in [-0.25, -0.2) is 22.8 Å². The topological polar surface area (TPSA) is 85.1 Å². The zero-order valence-electron chi connectivity index (χ0n) is 16.0. The van der Waals surface area contributed by atoms with Crippen LogP contribution in [-0.4, -0.2) is 34.3 Å². The summed E-state index contributed by atoms with van der Waals surface area (Å²) < 4.78 is 40.1. The summed E-state index contributed by atoms with van der Waals surface area (Å²) in [5, 5.41) is 10.5. The van der Waals surface area contributed by atoms with Gasteiger partial charge in [-0.1, -0.05) is 30.3 Å². The molecule has 6 nitrogen and oxygen atoms in total. The first kappa shape index (κ1) is 18.9. The lowest BCUT2D eigenvalue weighted by molar-refractivity contribution is 0.172. The van der Waals surface area contributed by atoms with E-state index in [1.807, 2.05) is 34.9 Å². The van der Waals surface area contributed by atoms with Crippen LogP contribution in [0.4, 0.5) is 4.39 Å². The molecule has 1 aliphatic heterocycles. The molecule has 2 atom stereocenters. The van der Waals surface area contributed by atoms with Crippen molar-refractivity contribution >= 4 is 20.9 Å². The summed E-state index contributed by atoms with van der Waals surface area (Å²) in [5.41, 5.74) is 2.98. The number of rotatable bonds is 3. The van der Waals surface area contributed by atoms with Crippen molar-refractivity contribution in [2.45, 2.75) is 23.6 Å². The van der Waals surface area contributed by atoms with Crippen molar-refractivity contribution in [3.05, 3.63) is 78.0 Å². The van der Waals surface area contributed by atoms with Crippen molar-refractivity contribution in [1.82, 2.24) is 14.5 Å². The molecule has 30 heavy (non-hydrogen) atoms. The molecule has 2 aromatic carbocycles. The maximum atomic E-state index is 14.9. The zero-order chi connectivity index (χ0) is 21.0. The van der Waals surface area contributed by atoms with E-state index in [1.54, 1.807) is 12.1 Å². The van der Waals surface area contributed by atoms with Crippen LogP contribution in [0.25, 0.3) is 22.2 Å². The predicted molar refractivity (Wildman–Crippen MR) is 110 cm³/mol. The number of sulfone groups is 1. The third-order valence-electron chi connectivity index (χ3n) is 5.47. The normalized spacial score (nSPS) is 18.6. The van der Waals surface area contributed by atoms with Gasteiger partial charge in [0.25, 0.3) is 0 Å². The molecule has 4 aromatic rings. The van der Waals surface area contributed by atoms with E-state index in [9.17, 15) is 17.9 Å². The molecule has 2 unspecified atom stereocenters. The smallest absolute Gasteiger partial charge is 0.192 e. The first-order valence-corrected chi connectivity index (χ1v) is 11.3. The zero-order valence-corrected chi connectivity index (χ0v) is 16.8. The highest BCUT2D eigenvalue weighted by Crippen LogP contribution is 2.42. The molecule has 0 aliphatic carbocycles. The molecule has 3 heterocycles. The van der Waals surface area contributed by atoms with Crippen molar-refractivity contribution in [2.75, 3.05) is 6.26 Å². The Balaban J connectivity index is 1.67. The van der Waals surface area contributed by atoms with Crippen LogP contribution in [0.15, 0.2) is 65.8 Å². The minimum Gasteiger partial charge on any atom is -0.385 e. The Bertz CT molecular complexity index is 1370. The molecule has 0 fully saturated rings. The summed E-state index contributed by atoms with van der Waals surface area (Å²) >= 11 is 0. The number of aliphatic hydroxyl groups is 1. The molecular weight excluding hydrogens is 405 g/mol. The minimum absolute atomic E-state index is 0.0646. The van der Waals surface area contributed by atoms with E-state index in [-0.39, 0.29) is 11.1 Å². The maximum absolute atomic E-state index is 14.9. The molecule has 0 radical (unpaired) electrons. The van der Waals surface area contributed by atoms with Gasteiger partial charge in [0.1, 0.15) is 17.7 Å². The highest BCUT2D eigenvalue weighted by atomic mass is 32.2. The lowest BCUT2D eigenvalue weighted by Gasteiger charge is -2.15. The van der Waals surface area contributed by atoms with E-state index in [4.69, 9.17) is 0 Å². The summed E-state index contributed by atoms with van der Waals surface area (Å²) in [6, 6.07) is 15.6. The molecule has 0 bridgehead atoms. The molecule has 152 valence electrons. The van der Waals surface area contributed by atoms with E-state index in [0.717, 1.165) is 11.8 Å². The molecule has 8 heteroatoms. The van der Waals surface area contributed by atoms with Crippen molar-refractivity contribution in [3.63, 3.8) is 0 Å². The predicted octanol–water partition coefficient (Wildman–Crippen LogP) is 3.67. The number of aliphatic hydroxyl groups excluding tert-OH is 1. The fourth-order valence-corrected chi connectivity index (χ4v) is 4.62. The second-order valence-electron chi connectivity index (χ2n) is 7.50. The molecule has 1 N–H and O–H groups in total. The van der Waals surface area contributed by atoms with Crippen LogP contribution < -0.4 is 0 Å².